The van der Waals surface area contributed by atoms with Gasteiger partial charge in [-0.25, -0.2) is 4.39 Å². The lowest BCUT2D eigenvalue weighted by atomic mass is 9.88. The first-order chi connectivity index (χ1) is 15.1. The van der Waals surface area contributed by atoms with Crippen molar-refractivity contribution in [1.29, 1.82) is 0 Å². The highest BCUT2D eigenvalue weighted by molar-refractivity contribution is 6.04. The zero-order valence-corrected chi connectivity index (χ0v) is 19.2. The molecule has 0 aromatic heterocycles. The second-order valence-electron chi connectivity index (χ2n) is 9.99. The molecule has 1 aliphatic rings. The Hall–Kier alpha value is -2.73. The lowest BCUT2D eigenvalue weighted by molar-refractivity contribution is -0.137. The van der Waals surface area contributed by atoms with Crippen molar-refractivity contribution in [3.05, 3.63) is 65.5 Å². The summed E-state index contributed by atoms with van der Waals surface area (Å²) in [6.45, 7) is 6.70. The van der Waals surface area contributed by atoms with Crippen LogP contribution in [0.5, 0.6) is 0 Å². The fraction of sp³-hybridized carbons (Fsp3) is 0.462. The van der Waals surface area contributed by atoms with Gasteiger partial charge in [0, 0.05) is 36.3 Å². The number of carbonyl (C=O) groups excluding carboxylic acids is 2. The largest absolute Gasteiger partial charge is 0.335 e. The number of nitrogens with zero attached hydrogens (tertiary/aromatic N) is 1. The van der Waals surface area contributed by atoms with Gasteiger partial charge in [-0.1, -0.05) is 39.0 Å². The Labute approximate surface area is 190 Å². The van der Waals surface area contributed by atoms with Gasteiger partial charge in [-0.15, -0.1) is 0 Å². The van der Waals surface area contributed by atoms with Crippen LogP contribution in [0.3, 0.4) is 0 Å². The van der Waals surface area contributed by atoms with Crippen molar-refractivity contribution < 1.29 is 14.0 Å². The van der Waals surface area contributed by atoms with E-state index in [-0.39, 0.29) is 34.9 Å². The molecule has 2 amide bonds. The number of carbonyl (C=O) groups is 2. The Morgan fingerprint density at radius 1 is 1.06 bits per heavy atom. The Kier molecular flexibility index (Phi) is 7.67. The van der Waals surface area contributed by atoms with E-state index >= 15 is 0 Å². The Bertz CT molecular complexity index is 946. The minimum absolute atomic E-state index is 0.0960. The highest BCUT2D eigenvalue weighted by Gasteiger charge is 2.30. The van der Waals surface area contributed by atoms with Crippen LogP contribution in [0.4, 0.5) is 10.1 Å². The Balaban J connectivity index is 1.75. The molecule has 0 radical (unpaired) electrons. The first-order valence-electron chi connectivity index (χ1n) is 11.3. The number of hydrogen-bond acceptors (Lipinski definition) is 3. The van der Waals surface area contributed by atoms with E-state index in [1.807, 2.05) is 23.1 Å². The number of nitrogens with two attached hydrogens (primary N) is 1. The van der Waals surface area contributed by atoms with Crippen LogP contribution in [0.25, 0.3) is 0 Å². The summed E-state index contributed by atoms with van der Waals surface area (Å²) in [5, 5.41) is 2.83. The van der Waals surface area contributed by atoms with Crippen molar-refractivity contribution in [2.45, 2.75) is 71.5 Å². The third-order valence-electron chi connectivity index (χ3n) is 5.81. The van der Waals surface area contributed by atoms with Gasteiger partial charge in [0.25, 0.3) is 5.91 Å². The summed E-state index contributed by atoms with van der Waals surface area (Å²) in [4.78, 5) is 27.7. The summed E-state index contributed by atoms with van der Waals surface area (Å²) < 4.78 is 13.4. The molecule has 0 heterocycles. The van der Waals surface area contributed by atoms with Gasteiger partial charge in [-0.05, 0) is 67.0 Å². The smallest absolute Gasteiger partial charge is 0.255 e. The van der Waals surface area contributed by atoms with Crippen LogP contribution in [-0.2, 0) is 11.3 Å². The summed E-state index contributed by atoms with van der Waals surface area (Å²) in [6.07, 6.45) is 4.15. The molecule has 172 valence electrons. The molecule has 3 rings (SSSR count). The van der Waals surface area contributed by atoms with Crippen LogP contribution in [0, 0.1) is 11.2 Å². The molecule has 0 saturated heterocycles. The molecule has 32 heavy (non-hydrogen) atoms. The van der Waals surface area contributed by atoms with E-state index in [4.69, 9.17) is 5.73 Å². The van der Waals surface area contributed by atoms with Gasteiger partial charge in [-0.3, -0.25) is 9.59 Å². The quantitative estimate of drug-likeness (QED) is 0.656. The van der Waals surface area contributed by atoms with Crippen LogP contribution in [-0.4, -0.2) is 28.8 Å². The third kappa shape index (κ3) is 6.89. The fourth-order valence-corrected chi connectivity index (χ4v) is 4.17. The lowest BCUT2D eigenvalue weighted by Crippen LogP contribution is -2.44. The summed E-state index contributed by atoms with van der Waals surface area (Å²) >= 11 is 0. The number of rotatable bonds is 6. The summed E-state index contributed by atoms with van der Waals surface area (Å²) in [5.41, 5.74) is 7.81. The molecule has 2 aromatic carbocycles. The number of benzene rings is 2. The average molecular weight is 440 g/mol. The maximum absolute atomic E-state index is 13.4. The molecule has 1 saturated carbocycles. The molecule has 2 aromatic rings. The summed E-state index contributed by atoms with van der Waals surface area (Å²) in [6, 6.07) is 13.5. The highest BCUT2D eigenvalue weighted by atomic mass is 19.1. The van der Waals surface area contributed by atoms with E-state index in [0.717, 1.165) is 31.2 Å². The van der Waals surface area contributed by atoms with Crippen LogP contribution in [0.1, 0.15) is 68.8 Å². The highest BCUT2D eigenvalue weighted by Crippen LogP contribution is 2.28. The van der Waals surface area contributed by atoms with Crippen molar-refractivity contribution in [2.24, 2.45) is 11.1 Å². The normalized spacial score (nSPS) is 18.8. The van der Waals surface area contributed by atoms with Crippen molar-refractivity contribution in [3.8, 4) is 0 Å². The van der Waals surface area contributed by atoms with Crippen molar-refractivity contribution in [2.75, 3.05) is 5.32 Å². The molecule has 1 aliphatic carbocycles. The maximum Gasteiger partial charge on any atom is 0.255 e. The SMILES string of the molecule is CC(C)(C)CC(=O)N(Cc1cccc(NC(=O)c2cccc(F)c2)c1)C1CCC(N)CC1. The predicted octanol–water partition coefficient (Wildman–Crippen LogP) is 5.11. The van der Waals surface area contributed by atoms with Gasteiger partial charge >= 0.3 is 0 Å². The number of nitrogens with one attached hydrogen (secondary N) is 1. The molecule has 3 N–H and O–H groups in total. The number of anilines is 1. The minimum atomic E-state index is -0.452. The van der Waals surface area contributed by atoms with Gasteiger partial charge in [0.05, 0.1) is 0 Å². The first kappa shape index (κ1) is 23.9. The van der Waals surface area contributed by atoms with Gasteiger partial charge in [0.2, 0.25) is 5.91 Å². The van der Waals surface area contributed by atoms with Crippen LogP contribution in [0.15, 0.2) is 48.5 Å². The van der Waals surface area contributed by atoms with Crippen molar-refractivity contribution in [3.63, 3.8) is 0 Å². The number of hydrogen-bond donors (Lipinski definition) is 2. The zero-order valence-electron chi connectivity index (χ0n) is 19.2. The maximum atomic E-state index is 13.4. The van der Waals surface area contributed by atoms with Gasteiger partial charge in [-0.2, -0.15) is 0 Å². The van der Waals surface area contributed by atoms with Crippen LogP contribution >= 0.6 is 0 Å². The van der Waals surface area contributed by atoms with E-state index in [9.17, 15) is 14.0 Å². The van der Waals surface area contributed by atoms with Gasteiger partial charge < -0.3 is 16.0 Å². The third-order valence-corrected chi connectivity index (χ3v) is 5.81. The zero-order chi connectivity index (χ0) is 23.3. The molecule has 0 spiro atoms. The van der Waals surface area contributed by atoms with Gasteiger partial charge in [0.1, 0.15) is 5.82 Å². The van der Waals surface area contributed by atoms with Gasteiger partial charge in [0.15, 0.2) is 0 Å². The molecule has 6 heteroatoms. The van der Waals surface area contributed by atoms with E-state index in [2.05, 4.69) is 26.1 Å². The van der Waals surface area contributed by atoms with Crippen LogP contribution in [0.2, 0.25) is 0 Å². The summed E-state index contributed by atoms with van der Waals surface area (Å²) in [5.74, 6) is -0.678. The Morgan fingerprint density at radius 2 is 1.75 bits per heavy atom. The molecular formula is C26H34FN3O2. The van der Waals surface area contributed by atoms with E-state index in [1.54, 1.807) is 12.1 Å². The molecule has 0 unspecified atom stereocenters. The fourth-order valence-electron chi connectivity index (χ4n) is 4.17. The van der Waals surface area contributed by atoms with Crippen molar-refractivity contribution >= 4 is 17.5 Å². The molecule has 0 aliphatic heterocycles. The average Bonchev–Trinajstić information content (AvgIpc) is 2.72. The first-order valence-corrected chi connectivity index (χ1v) is 11.3. The number of halogens is 1. The topological polar surface area (TPSA) is 75.4 Å². The molecular weight excluding hydrogens is 405 g/mol. The lowest BCUT2D eigenvalue weighted by Gasteiger charge is -2.37. The monoisotopic (exact) mass is 439 g/mol. The van der Waals surface area contributed by atoms with Crippen LogP contribution < -0.4 is 11.1 Å². The molecule has 0 atom stereocenters. The Morgan fingerprint density at radius 3 is 2.41 bits per heavy atom. The molecule has 5 nitrogen and oxygen atoms in total. The van der Waals surface area contributed by atoms with E-state index in [1.165, 1.54) is 18.2 Å². The standard InChI is InChI=1S/C26H34FN3O2/c1-26(2,3)16-24(31)30(23-12-10-21(28)11-13-23)17-18-6-4-9-22(14-18)29-25(32)19-7-5-8-20(27)15-19/h4-9,14-15,21,23H,10-13,16-17,28H2,1-3H3,(H,29,32). The van der Waals surface area contributed by atoms with Crippen molar-refractivity contribution in [1.82, 2.24) is 4.90 Å². The predicted molar refractivity (Wildman–Crippen MR) is 126 cm³/mol. The molecule has 0 bridgehead atoms. The van der Waals surface area contributed by atoms with E-state index < -0.39 is 5.82 Å². The minimum Gasteiger partial charge on any atom is -0.335 e. The summed E-state index contributed by atoms with van der Waals surface area (Å²) in [7, 11) is 0. The molecule has 1 fully saturated rings. The second kappa shape index (κ2) is 10.3. The van der Waals surface area contributed by atoms with E-state index in [0.29, 0.717) is 18.7 Å². The number of amides is 2. The second-order valence-corrected chi connectivity index (χ2v) is 9.99.